The molecular weight excluding hydrogens is 372 g/mol. The predicted molar refractivity (Wildman–Crippen MR) is 99.0 cm³/mol. The zero-order valence-electron chi connectivity index (χ0n) is 15.6. The van der Waals surface area contributed by atoms with Crippen LogP contribution in [0.15, 0.2) is 29.2 Å². The van der Waals surface area contributed by atoms with Crippen LogP contribution in [0.4, 0.5) is 0 Å². The van der Waals surface area contributed by atoms with E-state index in [4.69, 9.17) is 9.84 Å². The number of amides is 1. The van der Waals surface area contributed by atoms with Crippen molar-refractivity contribution < 1.29 is 27.9 Å². The fourth-order valence-electron chi connectivity index (χ4n) is 3.06. The number of hydrogen-bond acceptors (Lipinski definition) is 5. The highest BCUT2D eigenvalue weighted by molar-refractivity contribution is 7.89. The summed E-state index contributed by atoms with van der Waals surface area (Å²) >= 11 is 0. The van der Waals surface area contributed by atoms with Crippen molar-refractivity contribution in [3.8, 4) is 0 Å². The number of nitrogens with one attached hydrogen (secondary N) is 1. The molecule has 2 N–H and O–H groups in total. The van der Waals surface area contributed by atoms with Gasteiger partial charge in [0.1, 0.15) is 0 Å². The number of carbonyl (C=O) groups is 2. The van der Waals surface area contributed by atoms with Crippen molar-refractivity contribution in [2.75, 3.05) is 26.8 Å². The molecule has 9 heteroatoms. The lowest BCUT2D eigenvalue weighted by Gasteiger charge is -2.31. The molecule has 1 amide bonds. The topological polar surface area (TPSA) is 113 Å². The van der Waals surface area contributed by atoms with E-state index in [0.717, 1.165) is 6.42 Å². The van der Waals surface area contributed by atoms with E-state index in [1.165, 1.54) is 28.6 Å². The predicted octanol–water partition coefficient (Wildman–Crippen LogP) is 1.33. The molecule has 1 aromatic rings. The van der Waals surface area contributed by atoms with Gasteiger partial charge in [0, 0.05) is 26.1 Å². The monoisotopic (exact) mass is 398 g/mol. The van der Waals surface area contributed by atoms with Gasteiger partial charge >= 0.3 is 5.97 Å². The number of piperidine rings is 1. The van der Waals surface area contributed by atoms with E-state index in [-0.39, 0.29) is 41.4 Å². The van der Waals surface area contributed by atoms with E-state index in [1.54, 1.807) is 7.11 Å². The van der Waals surface area contributed by atoms with Crippen molar-refractivity contribution in [3.05, 3.63) is 29.8 Å². The lowest BCUT2D eigenvalue weighted by molar-refractivity contribution is -0.127. The molecule has 0 aliphatic carbocycles. The normalized spacial score (nSPS) is 17.4. The Bertz CT molecular complexity index is 755. The van der Waals surface area contributed by atoms with E-state index in [1.807, 2.05) is 6.92 Å². The summed E-state index contributed by atoms with van der Waals surface area (Å²) in [5.74, 6) is -1.40. The van der Waals surface area contributed by atoms with Gasteiger partial charge in [0.25, 0.3) is 0 Å². The van der Waals surface area contributed by atoms with Crippen molar-refractivity contribution in [2.45, 2.75) is 37.1 Å². The zero-order chi connectivity index (χ0) is 20.0. The molecule has 1 fully saturated rings. The van der Waals surface area contributed by atoms with Crippen molar-refractivity contribution in [2.24, 2.45) is 5.92 Å². The summed E-state index contributed by atoms with van der Waals surface area (Å²) in [7, 11) is -2.12. The summed E-state index contributed by atoms with van der Waals surface area (Å²) in [4.78, 5) is 23.3. The number of carboxylic acids is 1. The highest BCUT2D eigenvalue weighted by Gasteiger charge is 2.32. The lowest BCUT2D eigenvalue weighted by atomic mass is 9.97. The second kappa shape index (κ2) is 9.29. The first kappa shape index (κ1) is 21.3. The summed E-state index contributed by atoms with van der Waals surface area (Å²) in [5, 5.41) is 11.9. The van der Waals surface area contributed by atoms with E-state index in [9.17, 15) is 18.0 Å². The number of benzene rings is 1. The van der Waals surface area contributed by atoms with Gasteiger partial charge in [-0.05, 0) is 43.5 Å². The molecule has 0 spiro atoms. The number of carboxylic acid groups (broad SMARTS) is 1. The molecule has 0 saturated carbocycles. The van der Waals surface area contributed by atoms with Gasteiger partial charge in [0.15, 0.2) is 0 Å². The molecule has 1 atom stereocenters. The fraction of sp³-hybridized carbons (Fsp3) is 0.556. The van der Waals surface area contributed by atoms with Crippen LogP contribution in [-0.4, -0.2) is 62.6 Å². The Kier molecular flexibility index (Phi) is 7.34. The van der Waals surface area contributed by atoms with E-state index in [2.05, 4.69) is 5.32 Å². The number of aromatic carboxylic acids is 1. The number of ether oxygens (including phenoxy) is 1. The van der Waals surface area contributed by atoms with Crippen LogP contribution in [0.2, 0.25) is 0 Å². The third-order valence-corrected chi connectivity index (χ3v) is 6.68. The molecule has 1 unspecified atom stereocenters. The summed E-state index contributed by atoms with van der Waals surface area (Å²) in [6.07, 6.45) is 1.66. The molecule has 0 aromatic heterocycles. The number of rotatable bonds is 8. The molecule has 0 bridgehead atoms. The molecule has 1 saturated heterocycles. The van der Waals surface area contributed by atoms with Gasteiger partial charge < -0.3 is 15.2 Å². The minimum Gasteiger partial charge on any atom is -0.478 e. The maximum absolute atomic E-state index is 12.7. The standard InChI is InChI=1S/C18H26N2O6S/c1-3-15(12-26-2)19-17(21)13-8-10-20(11-9-13)27(24,25)16-6-4-14(5-7-16)18(22)23/h4-7,13,15H,3,8-12H2,1-2H3,(H,19,21)(H,22,23). The Balaban J connectivity index is 1.97. The number of methoxy groups -OCH3 is 1. The van der Waals surface area contributed by atoms with Crippen molar-refractivity contribution in [1.29, 1.82) is 0 Å². The van der Waals surface area contributed by atoms with Gasteiger partial charge in [0.2, 0.25) is 15.9 Å². The third-order valence-electron chi connectivity index (χ3n) is 4.77. The van der Waals surface area contributed by atoms with Gasteiger partial charge in [0.05, 0.1) is 23.1 Å². The van der Waals surface area contributed by atoms with Gasteiger partial charge in [-0.2, -0.15) is 4.31 Å². The van der Waals surface area contributed by atoms with Crippen molar-refractivity contribution >= 4 is 21.9 Å². The summed E-state index contributed by atoms with van der Waals surface area (Å²) in [5.41, 5.74) is 0.0332. The van der Waals surface area contributed by atoms with E-state index in [0.29, 0.717) is 19.4 Å². The van der Waals surface area contributed by atoms with Crippen molar-refractivity contribution in [3.63, 3.8) is 0 Å². The number of sulfonamides is 1. The Labute approximate surface area is 159 Å². The van der Waals surface area contributed by atoms with Crippen LogP contribution in [0.5, 0.6) is 0 Å². The summed E-state index contributed by atoms with van der Waals surface area (Å²) in [6.45, 7) is 2.92. The van der Waals surface area contributed by atoms with Gasteiger partial charge in [-0.25, -0.2) is 13.2 Å². The largest absolute Gasteiger partial charge is 0.478 e. The minimum atomic E-state index is -3.70. The smallest absolute Gasteiger partial charge is 0.335 e. The minimum absolute atomic E-state index is 0.0332. The van der Waals surface area contributed by atoms with Crippen LogP contribution in [0.3, 0.4) is 0 Å². The van der Waals surface area contributed by atoms with Gasteiger partial charge in [-0.1, -0.05) is 6.92 Å². The van der Waals surface area contributed by atoms with Crippen LogP contribution in [-0.2, 0) is 19.6 Å². The second-order valence-corrected chi connectivity index (χ2v) is 8.51. The first-order valence-electron chi connectivity index (χ1n) is 8.92. The van der Waals surface area contributed by atoms with Crippen molar-refractivity contribution in [1.82, 2.24) is 9.62 Å². The molecule has 8 nitrogen and oxygen atoms in total. The molecule has 1 heterocycles. The molecular formula is C18H26N2O6S. The van der Waals surface area contributed by atoms with Crippen LogP contribution < -0.4 is 5.32 Å². The second-order valence-electron chi connectivity index (χ2n) is 6.58. The first-order valence-corrected chi connectivity index (χ1v) is 10.4. The van der Waals surface area contributed by atoms with Crippen LogP contribution >= 0.6 is 0 Å². The molecule has 2 rings (SSSR count). The quantitative estimate of drug-likeness (QED) is 0.683. The Morgan fingerprint density at radius 1 is 1.26 bits per heavy atom. The molecule has 27 heavy (non-hydrogen) atoms. The highest BCUT2D eigenvalue weighted by Crippen LogP contribution is 2.24. The Morgan fingerprint density at radius 2 is 1.85 bits per heavy atom. The molecule has 1 aromatic carbocycles. The zero-order valence-corrected chi connectivity index (χ0v) is 16.4. The number of hydrogen-bond donors (Lipinski definition) is 2. The SMILES string of the molecule is CCC(COC)NC(=O)C1CCN(S(=O)(=O)c2ccc(C(=O)O)cc2)CC1. The lowest BCUT2D eigenvalue weighted by Crippen LogP contribution is -2.46. The maximum Gasteiger partial charge on any atom is 0.335 e. The maximum atomic E-state index is 12.7. The Morgan fingerprint density at radius 3 is 2.33 bits per heavy atom. The number of nitrogens with zero attached hydrogens (tertiary/aromatic N) is 1. The Hall–Kier alpha value is -1.97. The molecule has 0 radical (unpaired) electrons. The van der Waals surface area contributed by atoms with Gasteiger partial charge in [-0.3, -0.25) is 4.79 Å². The molecule has 1 aliphatic heterocycles. The van der Waals surface area contributed by atoms with Crippen LogP contribution in [0.1, 0.15) is 36.5 Å². The molecule has 1 aliphatic rings. The van der Waals surface area contributed by atoms with E-state index < -0.39 is 16.0 Å². The fourth-order valence-corrected chi connectivity index (χ4v) is 4.53. The summed E-state index contributed by atoms with van der Waals surface area (Å²) < 4.78 is 31.9. The number of carbonyl (C=O) groups excluding carboxylic acids is 1. The molecule has 150 valence electrons. The van der Waals surface area contributed by atoms with Gasteiger partial charge in [-0.15, -0.1) is 0 Å². The average molecular weight is 398 g/mol. The average Bonchev–Trinajstić information content (AvgIpc) is 2.67. The summed E-state index contributed by atoms with van der Waals surface area (Å²) in [6, 6.07) is 5.10. The highest BCUT2D eigenvalue weighted by atomic mass is 32.2. The van der Waals surface area contributed by atoms with Crippen LogP contribution in [0, 0.1) is 5.92 Å². The van der Waals surface area contributed by atoms with Crippen LogP contribution in [0.25, 0.3) is 0 Å². The first-order chi connectivity index (χ1) is 12.8. The third kappa shape index (κ3) is 5.27. The van der Waals surface area contributed by atoms with E-state index >= 15 is 0 Å².